The fraction of sp³-hybridized carbons (Fsp3) is 0.438. The second-order valence-electron chi connectivity index (χ2n) is 10.6. The number of carbonyl (C=O) groups excluding carboxylic acids is 2. The molecule has 41 heavy (non-hydrogen) atoms. The molecule has 3 radical (unpaired) electrons. The molecule has 0 saturated heterocycles. The number of likely N-dealkylation sites (N-methyl/N-ethyl adjacent to an activating group) is 1. The van der Waals surface area contributed by atoms with Crippen LogP contribution in [0.25, 0.3) is 0 Å². The smallest absolute Gasteiger partial charge is 0.489 e. The van der Waals surface area contributed by atoms with Crippen LogP contribution in [0.1, 0.15) is 44.1 Å². The second kappa shape index (κ2) is 17.5. The zero-order valence-electron chi connectivity index (χ0n) is 24.7. The van der Waals surface area contributed by atoms with Crippen LogP contribution in [-0.2, 0) is 81.4 Å². The SMILES string of the molecule is [B]C1(C(=O)NC2COc3ccc(N(C[CH2-])C(C[CH2-])C[CH2-])cc3N(C)C2=O)CCCC(Cc2ccccc2)C1.[CH3-].[Y+3].[Y]. The van der Waals surface area contributed by atoms with E-state index in [1.54, 1.807) is 11.9 Å². The van der Waals surface area contributed by atoms with Crippen molar-refractivity contribution in [1.82, 2.24) is 5.32 Å². The molecule has 213 valence electrons. The van der Waals surface area contributed by atoms with Gasteiger partial charge >= 0.3 is 32.7 Å². The third kappa shape index (κ3) is 9.13. The Kier molecular flexibility index (Phi) is 16.4. The molecule has 2 aromatic rings. The molecule has 1 aliphatic carbocycles. The van der Waals surface area contributed by atoms with Crippen molar-refractivity contribution in [3.05, 3.63) is 82.3 Å². The Morgan fingerprint density at radius 1 is 1.20 bits per heavy atom. The maximum absolute atomic E-state index is 13.5. The van der Waals surface area contributed by atoms with Gasteiger partial charge in [0.25, 0.3) is 5.91 Å². The number of fused-ring (bicyclic) bond motifs is 1. The number of anilines is 2. The van der Waals surface area contributed by atoms with Gasteiger partial charge in [0, 0.05) is 50.8 Å². The van der Waals surface area contributed by atoms with E-state index in [4.69, 9.17) is 12.6 Å². The summed E-state index contributed by atoms with van der Waals surface area (Å²) < 4.78 is 6.03. The number of carbonyl (C=O) groups is 2. The van der Waals surface area contributed by atoms with E-state index in [1.165, 1.54) is 5.56 Å². The molecule has 1 fully saturated rings. The summed E-state index contributed by atoms with van der Waals surface area (Å²) in [7, 11) is 8.40. The molecule has 0 bridgehead atoms. The first-order chi connectivity index (χ1) is 18.3. The van der Waals surface area contributed by atoms with Crippen LogP contribution in [0, 0.1) is 34.1 Å². The number of nitrogens with one attached hydrogen (secondary N) is 1. The minimum Gasteiger partial charge on any atom is -0.489 e. The molecule has 2 aliphatic rings. The average molecular weight is 705 g/mol. The summed E-state index contributed by atoms with van der Waals surface area (Å²) in [6.07, 6.45) is 5.41. The number of amides is 2. The van der Waals surface area contributed by atoms with Crippen molar-refractivity contribution in [3.8, 4) is 5.75 Å². The van der Waals surface area contributed by atoms with Gasteiger partial charge in [0.1, 0.15) is 18.4 Å². The van der Waals surface area contributed by atoms with E-state index in [1.807, 2.05) is 36.4 Å². The zero-order valence-corrected chi connectivity index (χ0v) is 30.4. The van der Waals surface area contributed by atoms with Gasteiger partial charge in [-0.3, -0.25) is 9.59 Å². The Morgan fingerprint density at radius 3 is 2.51 bits per heavy atom. The Labute approximate surface area is 299 Å². The Morgan fingerprint density at radius 2 is 1.88 bits per heavy atom. The van der Waals surface area contributed by atoms with Gasteiger partial charge < -0.3 is 48.1 Å². The first kappa shape index (κ1) is 38.3. The van der Waals surface area contributed by atoms with E-state index in [2.05, 4.69) is 43.1 Å². The van der Waals surface area contributed by atoms with Crippen molar-refractivity contribution in [3.63, 3.8) is 0 Å². The summed E-state index contributed by atoms with van der Waals surface area (Å²) in [6, 6.07) is 15.4. The first-order valence-electron chi connectivity index (χ1n) is 13.6. The quantitative estimate of drug-likeness (QED) is 0.289. The van der Waals surface area contributed by atoms with Gasteiger partial charge in [-0.15, -0.1) is 6.54 Å². The largest absolute Gasteiger partial charge is 3.00 e. The monoisotopic (exact) mass is 705 g/mol. The molecule has 1 heterocycles. The molecule has 1 aliphatic heterocycles. The van der Waals surface area contributed by atoms with Crippen LogP contribution in [0.3, 0.4) is 0 Å². The summed E-state index contributed by atoms with van der Waals surface area (Å²) in [5.74, 6) is 0.398. The van der Waals surface area contributed by atoms with Crippen molar-refractivity contribution >= 4 is 31.0 Å². The number of hydrogen-bond acceptors (Lipinski definition) is 4. The number of rotatable bonds is 9. The maximum atomic E-state index is 13.5. The summed E-state index contributed by atoms with van der Waals surface area (Å²) in [4.78, 5) is 30.6. The Hall–Kier alpha value is -0.747. The molecule has 6 nitrogen and oxygen atoms in total. The van der Waals surface area contributed by atoms with Crippen LogP contribution >= 0.6 is 0 Å². The molecular weight excluding hydrogens is 663 g/mol. The van der Waals surface area contributed by atoms with Crippen LogP contribution in [0.15, 0.2) is 48.5 Å². The van der Waals surface area contributed by atoms with Crippen molar-refractivity contribution < 1.29 is 79.7 Å². The van der Waals surface area contributed by atoms with Gasteiger partial charge in [-0.25, -0.2) is 0 Å². The van der Waals surface area contributed by atoms with Crippen LogP contribution in [0.5, 0.6) is 5.75 Å². The molecule has 0 aromatic heterocycles. The van der Waals surface area contributed by atoms with Gasteiger partial charge in [0.2, 0.25) is 5.91 Å². The molecule has 2 amide bonds. The summed E-state index contributed by atoms with van der Waals surface area (Å²) in [5, 5.41) is 1.93. The third-order valence-corrected chi connectivity index (χ3v) is 8.03. The van der Waals surface area contributed by atoms with Crippen molar-refractivity contribution in [2.24, 2.45) is 5.92 Å². The fourth-order valence-electron chi connectivity index (χ4n) is 5.80. The van der Waals surface area contributed by atoms with Gasteiger partial charge in [-0.1, -0.05) is 43.2 Å². The second-order valence-corrected chi connectivity index (χ2v) is 10.6. The standard InChI is InChI=1S/C31H39BN3O3.CH3.2Y/c1-5-24(6-2)35(7-3)25-15-16-28-27(19-25)34(4)29(36)26(21-38-28)33-30(37)31(32)17-11-14-23(20-31)18-22-12-9-8-10-13-22;;;/h8-10,12-13,15-16,19,23-24,26H,1-3,5-7,11,14,17-18,20-21H2,4H3,(H,33,37);1H3;;/q-3;-1;;+3. The number of hydrogen-bond donors (Lipinski definition) is 1. The molecule has 4 rings (SSSR count). The first-order valence-corrected chi connectivity index (χ1v) is 13.6. The van der Waals surface area contributed by atoms with Crippen LogP contribution in [0.2, 0.25) is 5.31 Å². The summed E-state index contributed by atoms with van der Waals surface area (Å²) in [5.41, 5.74) is 2.83. The fourth-order valence-corrected chi connectivity index (χ4v) is 5.80. The van der Waals surface area contributed by atoms with E-state index in [0.29, 0.717) is 49.6 Å². The molecule has 9 heteroatoms. The van der Waals surface area contributed by atoms with Gasteiger partial charge in [0.05, 0.1) is 13.5 Å². The normalized spacial score (nSPS) is 21.7. The Bertz CT molecular complexity index is 1120. The van der Waals surface area contributed by atoms with E-state index < -0.39 is 11.4 Å². The molecule has 3 unspecified atom stereocenters. The van der Waals surface area contributed by atoms with Crippen LogP contribution < -0.4 is 19.9 Å². The predicted molar refractivity (Wildman–Crippen MR) is 161 cm³/mol. The Balaban J connectivity index is 0.00000280. The molecule has 1 saturated carbocycles. The minimum absolute atomic E-state index is 0. The molecule has 3 atom stereocenters. The van der Waals surface area contributed by atoms with Gasteiger partial charge in [-0.2, -0.15) is 12.8 Å². The summed E-state index contributed by atoms with van der Waals surface area (Å²) >= 11 is 0. The van der Waals surface area contributed by atoms with E-state index in [0.717, 1.165) is 24.9 Å². The zero-order chi connectivity index (χ0) is 27.3. The van der Waals surface area contributed by atoms with E-state index >= 15 is 0 Å². The van der Waals surface area contributed by atoms with Crippen molar-refractivity contribution in [2.75, 3.05) is 30.0 Å². The predicted octanol–water partition coefficient (Wildman–Crippen LogP) is 5.19. The number of nitrogens with zero attached hydrogens (tertiary/aromatic N) is 2. The van der Waals surface area contributed by atoms with Gasteiger partial charge in [-0.05, 0) is 55.0 Å². The molecule has 0 spiro atoms. The van der Waals surface area contributed by atoms with Gasteiger partial charge in [0.15, 0.2) is 0 Å². The van der Waals surface area contributed by atoms with Crippen molar-refractivity contribution in [1.29, 1.82) is 0 Å². The van der Waals surface area contributed by atoms with Crippen LogP contribution in [0.4, 0.5) is 11.4 Å². The third-order valence-electron chi connectivity index (χ3n) is 8.03. The number of ether oxygens (including phenoxy) is 1. The topological polar surface area (TPSA) is 61.9 Å². The van der Waals surface area contributed by atoms with Crippen LogP contribution in [-0.4, -0.2) is 51.9 Å². The number of benzene rings is 2. The molecule has 2 aromatic carbocycles. The van der Waals surface area contributed by atoms with E-state index in [9.17, 15) is 9.59 Å². The maximum Gasteiger partial charge on any atom is 3.00 e. The van der Waals surface area contributed by atoms with Crippen molar-refractivity contribution in [2.45, 2.75) is 62.3 Å². The average Bonchev–Trinajstić information content (AvgIpc) is 3.04. The molecular formula is C32H42BN3O3Y2-. The minimum atomic E-state index is -1.01. The summed E-state index contributed by atoms with van der Waals surface area (Å²) in [6.45, 7) is 12.7. The van der Waals surface area contributed by atoms with E-state index in [-0.39, 0.29) is 97.3 Å². The molecule has 1 N–H and O–H groups in total.